The Bertz CT molecular complexity index is 704. The third kappa shape index (κ3) is 3.17. The number of halogens is 1. The van der Waals surface area contributed by atoms with Crippen LogP contribution >= 0.6 is 0 Å². The molecule has 2 aromatic rings. The summed E-state index contributed by atoms with van der Waals surface area (Å²) in [7, 11) is 0. The third-order valence-corrected chi connectivity index (χ3v) is 4.71. The van der Waals surface area contributed by atoms with Gasteiger partial charge < -0.3 is 19.5 Å². The first-order chi connectivity index (χ1) is 11.8. The molecule has 2 bridgehead atoms. The fourth-order valence-corrected chi connectivity index (χ4v) is 3.41. The minimum absolute atomic E-state index is 0.195. The summed E-state index contributed by atoms with van der Waals surface area (Å²) in [5, 5.41) is 3.43. The number of fused-ring (bicyclic) bond motifs is 2. The standard InChI is InChI=1S/C19H20FNO3/c20-15-3-1-13(2-4-15)17-7-8-21-10-14(17)11-22-18-6-5-16-9-19(18)24-12-23-16/h1-6,9,14,17,21H,7-8,10-12H2. The maximum absolute atomic E-state index is 13.2. The van der Waals surface area contributed by atoms with Crippen LogP contribution in [0.25, 0.3) is 0 Å². The molecule has 24 heavy (non-hydrogen) atoms. The van der Waals surface area contributed by atoms with Gasteiger partial charge in [-0.2, -0.15) is 0 Å². The Balaban J connectivity index is 1.47. The quantitative estimate of drug-likeness (QED) is 0.934. The number of piperidine rings is 1. The molecule has 0 amide bonds. The van der Waals surface area contributed by atoms with Crippen LogP contribution in [0.3, 0.4) is 0 Å². The van der Waals surface area contributed by atoms with E-state index < -0.39 is 0 Å². The number of hydrogen-bond donors (Lipinski definition) is 1. The first-order valence-corrected chi connectivity index (χ1v) is 8.28. The number of ether oxygens (including phenoxy) is 3. The van der Waals surface area contributed by atoms with Crippen molar-refractivity contribution in [1.29, 1.82) is 0 Å². The molecule has 2 aliphatic rings. The van der Waals surface area contributed by atoms with Crippen LogP contribution in [0.4, 0.5) is 4.39 Å². The first kappa shape index (κ1) is 15.3. The third-order valence-electron chi connectivity index (χ3n) is 4.71. The molecule has 0 radical (unpaired) electrons. The van der Waals surface area contributed by atoms with E-state index in [0.717, 1.165) is 36.8 Å². The summed E-state index contributed by atoms with van der Waals surface area (Å²) in [4.78, 5) is 0. The predicted molar refractivity (Wildman–Crippen MR) is 88.2 cm³/mol. The molecule has 0 aliphatic carbocycles. The van der Waals surface area contributed by atoms with Gasteiger partial charge in [0.15, 0.2) is 11.5 Å². The van der Waals surface area contributed by atoms with Crippen LogP contribution in [0.2, 0.25) is 0 Å². The lowest BCUT2D eigenvalue weighted by Crippen LogP contribution is -2.38. The predicted octanol–water partition coefficient (Wildman–Crippen LogP) is 3.33. The Morgan fingerprint density at radius 3 is 2.88 bits per heavy atom. The Morgan fingerprint density at radius 2 is 2.00 bits per heavy atom. The zero-order valence-electron chi connectivity index (χ0n) is 13.3. The maximum atomic E-state index is 13.2. The average molecular weight is 329 g/mol. The van der Waals surface area contributed by atoms with E-state index in [9.17, 15) is 4.39 Å². The van der Waals surface area contributed by atoms with Gasteiger partial charge in [-0.1, -0.05) is 12.1 Å². The summed E-state index contributed by atoms with van der Waals surface area (Å²) in [5.74, 6) is 2.76. The molecule has 5 heteroatoms. The highest BCUT2D eigenvalue weighted by Gasteiger charge is 2.27. The van der Waals surface area contributed by atoms with Crippen LogP contribution in [0.1, 0.15) is 17.9 Å². The van der Waals surface area contributed by atoms with Gasteiger partial charge >= 0.3 is 0 Å². The molecular formula is C19H20FNO3. The average Bonchev–Trinajstić information content (AvgIpc) is 2.62. The summed E-state index contributed by atoms with van der Waals surface area (Å²) in [5.41, 5.74) is 1.17. The van der Waals surface area contributed by atoms with Gasteiger partial charge in [0.25, 0.3) is 0 Å². The maximum Gasteiger partial charge on any atom is 0.231 e. The van der Waals surface area contributed by atoms with Gasteiger partial charge in [-0.15, -0.1) is 0 Å². The molecule has 0 aromatic heterocycles. The molecule has 1 N–H and O–H groups in total. The van der Waals surface area contributed by atoms with E-state index in [1.165, 1.54) is 17.7 Å². The highest BCUT2D eigenvalue weighted by Crippen LogP contribution is 2.36. The minimum Gasteiger partial charge on any atom is -0.489 e. The van der Waals surface area contributed by atoms with Crippen LogP contribution in [-0.4, -0.2) is 26.5 Å². The van der Waals surface area contributed by atoms with E-state index in [1.807, 2.05) is 30.3 Å². The van der Waals surface area contributed by atoms with E-state index in [-0.39, 0.29) is 12.6 Å². The van der Waals surface area contributed by atoms with Crippen molar-refractivity contribution in [2.24, 2.45) is 5.92 Å². The van der Waals surface area contributed by atoms with Crippen molar-refractivity contribution < 1.29 is 18.6 Å². The van der Waals surface area contributed by atoms with Gasteiger partial charge in [0, 0.05) is 18.5 Å². The molecule has 0 spiro atoms. The molecule has 2 atom stereocenters. The Labute approximate surface area is 140 Å². The number of nitrogens with one attached hydrogen (secondary N) is 1. The zero-order valence-corrected chi connectivity index (χ0v) is 13.3. The minimum atomic E-state index is -0.195. The molecule has 2 unspecified atom stereocenters. The lowest BCUT2D eigenvalue weighted by atomic mass is 9.81. The van der Waals surface area contributed by atoms with Crippen molar-refractivity contribution in [1.82, 2.24) is 5.32 Å². The highest BCUT2D eigenvalue weighted by molar-refractivity contribution is 5.46. The molecule has 2 heterocycles. The van der Waals surface area contributed by atoms with E-state index in [0.29, 0.717) is 18.4 Å². The van der Waals surface area contributed by atoms with E-state index in [2.05, 4.69) is 5.32 Å². The molecule has 1 saturated heterocycles. The topological polar surface area (TPSA) is 39.7 Å². The molecule has 1 fully saturated rings. The number of rotatable bonds is 4. The summed E-state index contributed by atoms with van der Waals surface area (Å²) in [6, 6.07) is 12.5. The van der Waals surface area contributed by atoms with Crippen molar-refractivity contribution in [2.45, 2.75) is 12.3 Å². The van der Waals surface area contributed by atoms with Gasteiger partial charge in [-0.05, 0) is 48.7 Å². The summed E-state index contributed by atoms with van der Waals surface area (Å²) < 4.78 is 30.0. The van der Waals surface area contributed by atoms with Gasteiger partial charge in [0.05, 0.1) is 6.61 Å². The molecule has 4 rings (SSSR count). The van der Waals surface area contributed by atoms with E-state index >= 15 is 0 Å². The lowest BCUT2D eigenvalue weighted by Gasteiger charge is -2.32. The van der Waals surface area contributed by atoms with E-state index in [1.54, 1.807) is 0 Å². The Hall–Kier alpha value is -2.27. The first-order valence-electron chi connectivity index (χ1n) is 8.28. The lowest BCUT2D eigenvalue weighted by molar-refractivity contribution is 0.0972. The summed E-state index contributed by atoms with van der Waals surface area (Å²) in [6.45, 7) is 2.67. The SMILES string of the molecule is Fc1ccc(C2CCNCC2COc2ccc3cc2OCO3)cc1. The molecule has 126 valence electrons. The zero-order chi connectivity index (χ0) is 16.4. The molecule has 2 aliphatic heterocycles. The molecular weight excluding hydrogens is 309 g/mol. The normalized spacial score (nSPS) is 22.4. The van der Waals surface area contributed by atoms with Crippen LogP contribution in [0.5, 0.6) is 17.2 Å². The second-order valence-electron chi connectivity index (χ2n) is 6.24. The van der Waals surface area contributed by atoms with Crippen LogP contribution in [-0.2, 0) is 0 Å². The van der Waals surface area contributed by atoms with Gasteiger partial charge in [-0.25, -0.2) is 4.39 Å². The van der Waals surface area contributed by atoms with Gasteiger partial charge in [0.1, 0.15) is 11.6 Å². The molecule has 0 saturated carbocycles. The van der Waals surface area contributed by atoms with Crippen molar-refractivity contribution in [3.8, 4) is 17.2 Å². The Morgan fingerprint density at radius 1 is 1.12 bits per heavy atom. The van der Waals surface area contributed by atoms with Gasteiger partial charge in [-0.3, -0.25) is 0 Å². The Kier molecular flexibility index (Phi) is 4.26. The number of benzene rings is 2. The van der Waals surface area contributed by atoms with Crippen LogP contribution in [0, 0.1) is 11.7 Å². The second kappa shape index (κ2) is 6.69. The summed E-state index contributed by atoms with van der Waals surface area (Å²) >= 11 is 0. The number of hydrogen-bond acceptors (Lipinski definition) is 4. The van der Waals surface area contributed by atoms with Crippen molar-refractivity contribution >= 4 is 0 Å². The van der Waals surface area contributed by atoms with Crippen LogP contribution in [0.15, 0.2) is 42.5 Å². The second-order valence-corrected chi connectivity index (χ2v) is 6.24. The fraction of sp³-hybridized carbons (Fsp3) is 0.368. The van der Waals surface area contributed by atoms with E-state index in [4.69, 9.17) is 14.2 Å². The molecule has 4 nitrogen and oxygen atoms in total. The highest BCUT2D eigenvalue weighted by atomic mass is 19.1. The van der Waals surface area contributed by atoms with Gasteiger partial charge in [0.2, 0.25) is 6.79 Å². The molecule has 2 aromatic carbocycles. The van der Waals surface area contributed by atoms with Crippen LogP contribution < -0.4 is 19.5 Å². The van der Waals surface area contributed by atoms with Crippen molar-refractivity contribution in [2.75, 3.05) is 26.5 Å². The summed E-state index contributed by atoms with van der Waals surface area (Å²) in [6.07, 6.45) is 1.02. The smallest absolute Gasteiger partial charge is 0.231 e. The monoisotopic (exact) mass is 329 g/mol. The fourth-order valence-electron chi connectivity index (χ4n) is 3.41. The largest absolute Gasteiger partial charge is 0.489 e. The van der Waals surface area contributed by atoms with Crippen molar-refractivity contribution in [3.05, 3.63) is 53.8 Å². The van der Waals surface area contributed by atoms with Crippen molar-refractivity contribution in [3.63, 3.8) is 0 Å².